The van der Waals surface area contributed by atoms with E-state index in [0.29, 0.717) is 18.3 Å². The van der Waals surface area contributed by atoms with Gasteiger partial charge in [0.25, 0.3) is 11.8 Å². The van der Waals surface area contributed by atoms with Crippen molar-refractivity contribution >= 4 is 17.2 Å². The van der Waals surface area contributed by atoms with Gasteiger partial charge < -0.3 is 14.2 Å². The minimum absolute atomic E-state index is 0.185. The van der Waals surface area contributed by atoms with E-state index >= 15 is 0 Å². The number of aryl methyl sites for hydroxylation is 2. The lowest BCUT2D eigenvalue weighted by Gasteiger charge is -2.26. The Balaban J connectivity index is 1.71. The Morgan fingerprint density at radius 3 is 3.14 bits per heavy atom. The summed E-state index contributed by atoms with van der Waals surface area (Å²) in [6.45, 7) is 2.67. The Bertz CT molecular complexity index is 679. The fourth-order valence-electron chi connectivity index (χ4n) is 2.86. The lowest BCUT2D eigenvalue weighted by Crippen LogP contribution is -2.32. The number of carbonyl (C=O) groups excluding carboxylic acids is 1. The molecular weight excluding hydrogens is 302 g/mol. The summed E-state index contributed by atoms with van der Waals surface area (Å²) < 4.78 is 9.96. The Hall–Kier alpha value is -1.89. The third-order valence-electron chi connectivity index (χ3n) is 3.93. The molecule has 0 spiro atoms. The number of ether oxygens (including phenoxy) is 1. The van der Waals surface area contributed by atoms with E-state index in [-0.39, 0.29) is 11.7 Å². The maximum Gasteiger partial charge on any atom is 0.292 e. The summed E-state index contributed by atoms with van der Waals surface area (Å²) in [6.07, 6.45) is 3.32. The van der Waals surface area contributed by atoms with Gasteiger partial charge in [0, 0.05) is 24.4 Å². The van der Waals surface area contributed by atoms with Crippen LogP contribution in [0.3, 0.4) is 0 Å². The van der Waals surface area contributed by atoms with Crippen LogP contribution < -0.4 is 4.74 Å². The monoisotopic (exact) mass is 321 g/mol. The van der Waals surface area contributed by atoms with E-state index in [2.05, 4.69) is 10.1 Å². The second-order valence-electron chi connectivity index (χ2n) is 5.55. The molecule has 3 rings (SSSR count). The van der Waals surface area contributed by atoms with Crippen LogP contribution in [0.2, 0.25) is 0 Å². The van der Waals surface area contributed by atoms with E-state index in [1.807, 2.05) is 6.92 Å². The van der Waals surface area contributed by atoms with Gasteiger partial charge >= 0.3 is 0 Å². The van der Waals surface area contributed by atoms with Crippen molar-refractivity contribution in [2.75, 3.05) is 20.7 Å². The first kappa shape index (κ1) is 15.0. The van der Waals surface area contributed by atoms with E-state index in [1.54, 1.807) is 23.3 Å². The summed E-state index contributed by atoms with van der Waals surface area (Å²) in [6, 6.07) is 1.51. The standard InChI is InChI=1S/C15H19N3O3S/c1-9-16-14-10(5-4-6-12(14)22-9)8-18(2)15(19)11-7-13(20-3)17-21-11/h7,10H,4-6,8H2,1-3H3. The van der Waals surface area contributed by atoms with Crippen molar-refractivity contribution in [2.45, 2.75) is 32.1 Å². The van der Waals surface area contributed by atoms with Gasteiger partial charge in [0.1, 0.15) is 0 Å². The second kappa shape index (κ2) is 6.08. The number of rotatable bonds is 4. The molecule has 22 heavy (non-hydrogen) atoms. The lowest BCUT2D eigenvalue weighted by atomic mass is 9.90. The SMILES string of the molecule is COc1cc(C(=O)N(C)CC2CCCc3sc(C)nc32)on1. The maximum atomic E-state index is 12.4. The van der Waals surface area contributed by atoms with Crippen LogP contribution in [0.25, 0.3) is 0 Å². The zero-order chi connectivity index (χ0) is 15.7. The molecular formula is C15H19N3O3S. The molecule has 2 aromatic rings. The third-order valence-corrected chi connectivity index (χ3v) is 4.97. The summed E-state index contributed by atoms with van der Waals surface area (Å²) in [4.78, 5) is 20.1. The molecule has 1 amide bonds. The Kier molecular flexibility index (Phi) is 4.15. The van der Waals surface area contributed by atoms with Crippen molar-refractivity contribution in [3.05, 3.63) is 27.4 Å². The van der Waals surface area contributed by atoms with Gasteiger partial charge in [-0.05, 0) is 31.3 Å². The lowest BCUT2D eigenvalue weighted by molar-refractivity contribution is 0.0741. The number of thiazole rings is 1. The van der Waals surface area contributed by atoms with E-state index in [1.165, 1.54) is 23.7 Å². The van der Waals surface area contributed by atoms with Crippen LogP contribution in [0, 0.1) is 6.92 Å². The fraction of sp³-hybridized carbons (Fsp3) is 0.533. The van der Waals surface area contributed by atoms with Gasteiger partial charge in [-0.15, -0.1) is 11.3 Å². The molecule has 118 valence electrons. The first-order valence-corrected chi connectivity index (χ1v) is 8.12. The Labute approximate surface area is 133 Å². The topological polar surface area (TPSA) is 68.5 Å². The van der Waals surface area contributed by atoms with Gasteiger partial charge in [-0.1, -0.05) is 0 Å². The van der Waals surface area contributed by atoms with Crippen molar-refractivity contribution < 1.29 is 14.1 Å². The van der Waals surface area contributed by atoms with Crippen LogP contribution in [0.1, 0.15) is 44.9 Å². The predicted molar refractivity (Wildman–Crippen MR) is 82.5 cm³/mol. The number of nitrogens with zero attached hydrogens (tertiary/aromatic N) is 3. The second-order valence-corrected chi connectivity index (χ2v) is 6.84. The molecule has 7 heteroatoms. The first-order chi connectivity index (χ1) is 10.6. The van der Waals surface area contributed by atoms with Crippen LogP contribution in [0.5, 0.6) is 5.88 Å². The minimum atomic E-state index is -0.185. The molecule has 1 aliphatic carbocycles. The smallest absolute Gasteiger partial charge is 0.292 e. The highest BCUT2D eigenvalue weighted by atomic mass is 32.1. The molecule has 1 unspecified atom stereocenters. The molecule has 0 saturated carbocycles. The van der Waals surface area contributed by atoms with E-state index in [4.69, 9.17) is 9.26 Å². The normalized spacial score (nSPS) is 17.1. The molecule has 0 bridgehead atoms. The van der Waals surface area contributed by atoms with Gasteiger partial charge in [0.15, 0.2) is 0 Å². The molecule has 2 aromatic heterocycles. The Morgan fingerprint density at radius 1 is 1.59 bits per heavy atom. The number of amides is 1. The average molecular weight is 321 g/mol. The number of fused-ring (bicyclic) bond motifs is 1. The fourth-order valence-corrected chi connectivity index (χ4v) is 3.93. The predicted octanol–water partition coefficient (Wildman–Crippen LogP) is 2.64. The summed E-state index contributed by atoms with van der Waals surface area (Å²) in [7, 11) is 3.27. The molecule has 0 aliphatic heterocycles. The number of hydrogen-bond donors (Lipinski definition) is 0. The zero-order valence-corrected chi connectivity index (χ0v) is 13.8. The molecule has 0 saturated heterocycles. The van der Waals surface area contributed by atoms with Crippen LogP contribution in [0.15, 0.2) is 10.6 Å². The number of hydrogen-bond acceptors (Lipinski definition) is 6. The average Bonchev–Trinajstić information content (AvgIpc) is 3.12. The summed E-state index contributed by atoms with van der Waals surface area (Å²) in [5, 5.41) is 4.77. The number of methoxy groups -OCH3 is 1. The highest BCUT2D eigenvalue weighted by Gasteiger charge is 2.27. The van der Waals surface area contributed by atoms with E-state index in [0.717, 1.165) is 24.3 Å². The molecule has 6 nitrogen and oxygen atoms in total. The van der Waals surface area contributed by atoms with Gasteiger partial charge in [-0.25, -0.2) is 4.98 Å². The van der Waals surface area contributed by atoms with E-state index < -0.39 is 0 Å². The molecule has 1 atom stereocenters. The maximum absolute atomic E-state index is 12.4. The molecule has 0 radical (unpaired) electrons. The summed E-state index contributed by atoms with van der Waals surface area (Å²) in [5.41, 5.74) is 1.17. The quantitative estimate of drug-likeness (QED) is 0.866. The highest BCUT2D eigenvalue weighted by molar-refractivity contribution is 7.11. The summed E-state index contributed by atoms with van der Waals surface area (Å²) >= 11 is 1.77. The van der Waals surface area contributed by atoms with Gasteiger partial charge in [-0.2, -0.15) is 0 Å². The molecule has 1 aliphatic rings. The largest absolute Gasteiger partial charge is 0.479 e. The highest BCUT2D eigenvalue weighted by Crippen LogP contribution is 2.35. The zero-order valence-electron chi connectivity index (χ0n) is 13.0. The molecule has 0 fully saturated rings. The van der Waals surface area contributed by atoms with Crippen molar-refractivity contribution in [3.63, 3.8) is 0 Å². The van der Waals surface area contributed by atoms with Gasteiger partial charge in [-0.3, -0.25) is 4.79 Å². The Morgan fingerprint density at radius 2 is 2.41 bits per heavy atom. The van der Waals surface area contributed by atoms with Gasteiger partial charge in [0.2, 0.25) is 5.76 Å². The number of likely N-dealkylation sites (N-methyl/N-ethyl adjacent to an activating group) is 1. The van der Waals surface area contributed by atoms with Gasteiger partial charge in [0.05, 0.1) is 23.9 Å². The van der Waals surface area contributed by atoms with Crippen LogP contribution >= 0.6 is 11.3 Å². The van der Waals surface area contributed by atoms with Crippen molar-refractivity contribution in [3.8, 4) is 5.88 Å². The van der Waals surface area contributed by atoms with Crippen LogP contribution in [-0.4, -0.2) is 41.6 Å². The molecule has 2 heterocycles. The van der Waals surface area contributed by atoms with Crippen LogP contribution in [-0.2, 0) is 6.42 Å². The third kappa shape index (κ3) is 2.85. The summed E-state index contributed by atoms with van der Waals surface area (Å²) in [5.74, 6) is 0.624. The van der Waals surface area contributed by atoms with Crippen molar-refractivity contribution in [1.82, 2.24) is 15.0 Å². The minimum Gasteiger partial charge on any atom is -0.479 e. The van der Waals surface area contributed by atoms with Crippen molar-refractivity contribution in [2.24, 2.45) is 0 Å². The van der Waals surface area contributed by atoms with Crippen LogP contribution in [0.4, 0.5) is 0 Å². The van der Waals surface area contributed by atoms with E-state index in [9.17, 15) is 4.79 Å². The van der Waals surface area contributed by atoms with Crippen molar-refractivity contribution in [1.29, 1.82) is 0 Å². The first-order valence-electron chi connectivity index (χ1n) is 7.31. The number of aromatic nitrogens is 2. The number of carbonyl (C=O) groups is 1. The molecule has 0 aromatic carbocycles. The molecule has 0 N–H and O–H groups in total.